The van der Waals surface area contributed by atoms with Gasteiger partial charge >= 0.3 is 0 Å². The third-order valence-electron chi connectivity index (χ3n) is 9.21. The maximum Gasteiger partial charge on any atom is 0.270 e. The molecule has 6 nitrogen and oxygen atoms in total. The Labute approximate surface area is 261 Å². The molecule has 0 aromatic rings. The average Bonchev–Trinajstić information content (AvgIpc) is 2.91. The highest BCUT2D eigenvalue weighted by Crippen LogP contribution is 2.31. The summed E-state index contributed by atoms with van der Waals surface area (Å²) < 4.78 is 66.2. The molecular formula is C34H68O6S2. The largest absolute Gasteiger partial charge is 0.285 e. The van der Waals surface area contributed by atoms with Gasteiger partial charge in [0.05, 0.1) is 9.49 Å². The minimum atomic E-state index is -4.18. The van der Waals surface area contributed by atoms with E-state index in [0.717, 1.165) is 38.5 Å². The SMILES string of the molecule is CCCCCCCCCCCCC(C)(CCC=CCCC(C)(CCCCCCCCCCCC)S(=O)(=O)O)S(=O)(=O)O. The van der Waals surface area contributed by atoms with Gasteiger partial charge in [-0.2, -0.15) is 16.8 Å². The maximum absolute atomic E-state index is 12.2. The second kappa shape index (κ2) is 23.9. The van der Waals surface area contributed by atoms with Crippen molar-refractivity contribution in [1.82, 2.24) is 0 Å². The third kappa shape index (κ3) is 19.8. The van der Waals surface area contributed by atoms with Crippen molar-refractivity contribution in [2.75, 3.05) is 0 Å². The molecule has 0 aromatic carbocycles. The number of rotatable bonds is 30. The van der Waals surface area contributed by atoms with Crippen molar-refractivity contribution in [2.24, 2.45) is 0 Å². The van der Waals surface area contributed by atoms with Crippen molar-refractivity contribution in [3.63, 3.8) is 0 Å². The minimum Gasteiger partial charge on any atom is -0.285 e. The zero-order valence-electron chi connectivity index (χ0n) is 27.9. The van der Waals surface area contributed by atoms with E-state index in [4.69, 9.17) is 0 Å². The van der Waals surface area contributed by atoms with Gasteiger partial charge in [-0.25, -0.2) is 0 Å². The van der Waals surface area contributed by atoms with Crippen LogP contribution >= 0.6 is 0 Å². The number of hydrogen-bond donors (Lipinski definition) is 2. The lowest BCUT2D eigenvalue weighted by Crippen LogP contribution is -2.35. The van der Waals surface area contributed by atoms with E-state index in [-0.39, 0.29) is 0 Å². The maximum atomic E-state index is 12.2. The molecule has 42 heavy (non-hydrogen) atoms. The van der Waals surface area contributed by atoms with Crippen molar-refractivity contribution in [3.05, 3.63) is 12.2 Å². The molecule has 0 radical (unpaired) electrons. The molecule has 2 unspecified atom stereocenters. The van der Waals surface area contributed by atoms with E-state index in [2.05, 4.69) is 13.8 Å². The molecule has 0 aromatic heterocycles. The van der Waals surface area contributed by atoms with Gasteiger partial charge in [-0.1, -0.05) is 154 Å². The minimum absolute atomic E-state index is 0.327. The first kappa shape index (κ1) is 41.6. The smallest absolute Gasteiger partial charge is 0.270 e. The standard InChI is InChI=1S/C34H68O6S2/c1-5-7-9-11-13-15-17-19-21-25-29-33(3,41(35,36)37)31-27-23-24-28-32-34(4,42(38,39)40)30-26-22-20-18-16-14-12-10-8-6-2/h23-24H,5-22,25-32H2,1-4H3,(H,35,36,37)(H,38,39,40). The highest BCUT2D eigenvalue weighted by molar-refractivity contribution is 7.87. The van der Waals surface area contributed by atoms with Gasteiger partial charge in [0.15, 0.2) is 0 Å². The molecular weight excluding hydrogens is 569 g/mol. The van der Waals surface area contributed by atoms with Crippen LogP contribution in [0.2, 0.25) is 0 Å². The Morgan fingerprint density at radius 3 is 0.905 bits per heavy atom. The van der Waals surface area contributed by atoms with Gasteiger partial charge in [-0.05, 0) is 52.4 Å². The Morgan fingerprint density at radius 2 is 0.667 bits per heavy atom. The molecule has 0 amide bonds. The summed E-state index contributed by atoms with van der Waals surface area (Å²) in [6, 6.07) is 0. The van der Waals surface area contributed by atoms with Crippen LogP contribution in [0.15, 0.2) is 12.2 Å². The summed E-state index contributed by atoms with van der Waals surface area (Å²) >= 11 is 0. The highest BCUT2D eigenvalue weighted by Gasteiger charge is 2.37. The first-order valence-corrected chi connectivity index (χ1v) is 20.3. The van der Waals surface area contributed by atoms with Crippen LogP contribution in [0, 0.1) is 0 Å². The second-order valence-corrected chi connectivity index (χ2v) is 17.1. The van der Waals surface area contributed by atoms with Crippen LogP contribution in [0.25, 0.3) is 0 Å². The van der Waals surface area contributed by atoms with Crippen molar-refractivity contribution < 1.29 is 25.9 Å². The lowest BCUT2D eigenvalue weighted by atomic mass is 9.95. The zero-order chi connectivity index (χ0) is 31.8. The van der Waals surface area contributed by atoms with Crippen molar-refractivity contribution >= 4 is 20.2 Å². The van der Waals surface area contributed by atoms with Gasteiger partial charge in [0.2, 0.25) is 0 Å². The molecule has 0 saturated carbocycles. The zero-order valence-corrected chi connectivity index (χ0v) is 29.5. The summed E-state index contributed by atoms with van der Waals surface area (Å²) in [4.78, 5) is 0. The first-order chi connectivity index (χ1) is 19.8. The lowest BCUT2D eigenvalue weighted by Gasteiger charge is -2.26. The van der Waals surface area contributed by atoms with Crippen LogP contribution in [0.3, 0.4) is 0 Å². The Hall–Kier alpha value is -0.440. The Morgan fingerprint density at radius 1 is 0.429 bits per heavy atom. The third-order valence-corrected chi connectivity index (χ3v) is 12.5. The molecule has 2 N–H and O–H groups in total. The topological polar surface area (TPSA) is 109 Å². The molecule has 252 valence electrons. The normalized spacial score (nSPS) is 15.7. The summed E-state index contributed by atoms with van der Waals surface area (Å²) in [5.74, 6) is 0. The fourth-order valence-corrected chi connectivity index (χ4v) is 7.31. The molecule has 0 aliphatic carbocycles. The molecule has 0 rings (SSSR count). The Balaban J connectivity index is 4.43. The van der Waals surface area contributed by atoms with E-state index in [1.54, 1.807) is 13.8 Å². The molecule has 0 fully saturated rings. The van der Waals surface area contributed by atoms with E-state index in [9.17, 15) is 25.9 Å². The van der Waals surface area contributed by atoms with Crippen molar-refractivity contribution in [2.45, 2.75) is 204 Å². The van der Waals surface area contributed by atoms with Gasteiger partial charge in [-0.15, -0.1) is 0 Å². The Bertz CT molecular complexity index is 812. The first-order valence-electron chi connectivity index (χ1n) is 17.4. The molecule has 0 bridgehead atoms. The van der Waals surface area contributed by atoms with E-state index in [1.165, 1.54) is 89.9 Å². The fourth-order valence-electron chi connectivity index (χ4n) is 5.75. The Kier molecular flexibility index (Phi) is 23.6. The number of hydrogen-bond acceptors (Lipinski definition) is 4. The fraction of sp³-hybridized carbons (Fsp3) is 0.941. The van der Waals surface area contributed by atoms with Gasteiger partial charge < -0.3 is 0 Å². The van der Waals surface area contributed by atoms with Crippen molar-refractivity contribution in [3.8, 4) is 0 Å². The molecule has 0 spiro atoms. The highest BCUT2D eigenvalue weighted by atomic mass is 32.2. The summed E-state index contributed by atoms with van der Waals surface area (Å²) in [6.45, 7) is 7.71. The quantitative estimate of drug-likeness (QED) is 0.0461. The molecule has 0 aliphatic heterocycles. The molecule has 0 aliphatic rings. The summed E-state index contributed by atoms with van der Waals surface area (Å²) in [5.41, 5.74) is 0. The van der Waals surface area contributed by atoms with E-state index in [0.29, 0.717) is 38.5 Å². The lowest BCUT2D eigenvalue weighted by molar-refractivity contribution is 0.394. The number of unbranched alkanes of at least 4 members (excludes halogenated alkanes) is 18. The monoisotopic (exact) mass is 636 g/mol. The van der Waals surface area contributed by atoms with Crippen molar-refractivity contribution in [1.29, 1.82) is 0 Å². The van der Waals surface area contributed by atoms with Crippen LogP contribution < -0.4 is 0 Å². The van der Waals surface area contributed by atoms with Crippen LogP contribution in [-0.2, 0) is 20.2 Å². The summed E-state index contributed by atoms with van der Waals surface area (Å²) in [7, 11) is -8.36. The van der Waals surface area contributed by atoms with Crippen LogP contribution in [0.1, 0.15) is 195 Å². The number of allylic oxidation sites excluding steroid dienone is 2. The predicted molar refractivity (Wildman–Crippen MR) is 180 cm³/mol. The average molecular weight is 637 g/mol. The molecule has 2 atom stereocenters. The van der Waals surface area contributed by atoms with Gasteiger partial charge in [0.1, 0.15) is 0 Å². The molecule has 0 heterocycles. The van der Waals surface area contributed by atoms with Gasteiger partial charge in [-0.3, -0.25) is 9.11 Å². The van der Waals surface area contributed by atoms with E-state index in [1.807, 2.05) is 12.2 Å². The van der Waals surface area contributed by atoms with Gasteiger partial charge in [0, 0.05) is 0 Å². The van der Waals surface area contributed by atoms with Crippen LogP contribution in [0.5, 0.6) is 0 Å². The van der Waals surface area contributed by atoms with Gasteiger partial charge in [0.25, 0.3) is 20.2 Å². The van der Waals surface area contributed by atoms with Crippen LogP contribution in [0.4, 0.5) is 0 Å². The van der Waals surface area contributed by atoms with E-state index < -0.39 is 29.7 Å². The second-order valence-electron chi connectivity index (χ2n) is 13.3. The molecule has 0 saturated heterocycles. The summed E-state index contributed by atoms with van der Waals surface area (Å²) in [6.07, 6.45) is 29.8. The predicted octanol–water partition coefficient (Wildman–Crippen LogP) is 11.0. The summed E-state index contributed by atoms with van der Waals surface area (Å²) in [5, 5.41) is 0. The molecule has 8 heteroatoms. The van der Waals surface area contributed by atoms with E-state index >= 15 is 0 Å². The van der Waals surface area contributed by atoms with Crippen LogP contribution in [-0.4, -0.2) is 35.4 Å².